The van der Waals surface area contributed by atoms with Gasteiger partial charge in [-0.25, -0.2) is 4.79 Å². The van der Waals surface area contributed by atoms with Gasteiger partial charge in [0.2, 0.25) is 0 Å². The highest BCUT2D eigenvalue weighted by Crippen LogP contribution is 2.29. The molecule has 1 aliphatic rings. The predicted octanol–water partition coefficient (Wildman–Crippen LogP) is 3.20. The number of amides is 1. The lowest BCUT2D eigenvalue weighted by atomic mass is 9.78. The lowest BCUT2D eigenvalue weighted by Gasteiger charge is -2.34. The SMILES string of the molecule is COc1ccc(/C=C/C(=O)OCC(=O)N[C@@H]2CCC[C@@H](C)[C@@H]2C)cc1OC. The van der Waals surface area contributed by atoms with Crippen LogP contribution in [-0.4, -0.2) is 38.7 Å². The summed E-state index contributed by atoms with van der Waals surface area (Å²) in [5.74, 6) is 1.39. The Balaban J connectivity index is 1.81. The van der Waals surface area contributed by atoms with E-state index in [1.54, 1.807) is 38.5 Å². The lowest BCUT2D eigenvalue weighted by Crippen LogP contribution is -2.45. The number of methoxy groups -OCH3 is 2. The highest BCUT2D eigenvalue weighted by molar-refractivity contribution is 5.89. The summed E-state index contributed by atoms with van der Waals surface area (Å²) in [5, 5.41) is 2.99. The monoisotopic (exact) mass is 375 g/mol. The van der Waals surface area contributed by atoms with Crippen molar-refractivity contribution in [2.45, 2.75) is 39.2 Å². The number of esters is 1. The van der Waals surface area contributed by atoms with Crippen LogP contribution in [0.15, 0.2) is 24.3 Å². The predicted molar refractivity (Wildman–Crippen MR) is 104 cm³/mol. The third kappa shape index (κ3) is 6.01. The molecular weight excluding hydrogens is 346 g/mol. The van der Waals surface area contributed by atoms with Gasteiger partial charge < -0.3 is 19.5 Å². The number of nitrogens with one attached hydrogen (secondary N) is 1. The minimum atomic E-state index is -0.565. The molecule has 1 aromatic carbocycles. The molecule has 148 valence electrons. The molecule has 0 unspecified atom stereocenters. The van der Waals surface area contributed by atoms with E-state index in [1.165, 1.54) is 12.5 Å². The number of benzene rings is 1. The zero-order valence-corrected chi connectivity index (χ0v) is 16.5. The summed E-state index contributed by atoms with van der Waals surface area (Å²) in [4.78, 5) is 23.9. The van der Waals surface area contributed by atoms with Crippen molar-refractivity contribution in [3.8, 4) is 11.5 Å². The summed E-state index contributed by atoms with van der Waals surface area (Å²) in [6, 6.07) is 5.45. The molecule has 1 aliphatic carbocycles. The Morgan fingerprint density at radius 1 is 1.15 bits per heavy atom. The molecule has 1 fully saturated rings. The van der Waals surface area contributed by atoms with Crippen LogP contribution < -0.4 is 14.8 Å². The number of ether oxygens (including phenoxy) is 3. The van der Waals surface area contributed by atoms with E-state index in [-0.39, 0.29) is 18.6 Å². The van der Waals surface area contributed by atoms with Crippen molar-refractivity contribution in [1.82, 2.24) is 5.32 Å². The Labute approximate surface area is 160 Å². The first kappa shape index (κ1) is 20.8. The van der Waals surface area contributed by atoms with Gasteiger partial charge in [0.15, 0.2) is 18.1 Å². The van der Waals surface area contributed by atoms with Crippen molar-refractivity contribution >= 4 is 18.0 Å². The summed E-state index contributed by atoms with van der Waals surface area (Å²) in [6.07, 6.45) is 6.19. The second kappa shape index (κ2) is 10.00. The van der Waals surface area contributed by atoms with E-state index in [9.17, 15) is 9.59 Å². The molecule has 0 spiro atoms. The number of hydrogen-bond donors (Lipinski definition) is 1. The molecule has 0 radical (unpaired) electrons. The zero-order chi connectivity index (χ0) is 19.8. The second-order valence-electron chi connectivity index (χ2n) is 7.00. The van der Waals surface area contributed by atoms with E-state index in [4.69, 9.17) is 14.2 Å². The van der Waals surface area contributed by atoms with Crippen LogP contribution in [-0.2, 0) is 14.3 Å². The molecule has 0 aliphatic heterocycles. The van der Waals surface area contributed by atoms with E-state index >= 15 is 0 Å². The second-order valence-corrected chi connectivity index (χ2v) is 7.00. The van der Waals surface area contributed by atoms with Crippen molar-refractivity contribution in [2.24, 2.45) is 11.8 Å². The van der Waals surface area contributed by atoms with Gasteiger partial charge in [-0.15, -0.1) is 0 Å². The molecule has 6 heteroatoms. The molecule has 27 heavy (non-hydrogen) atoms. The Kier molecular flexibility index (Phi) is 7.70. The molecule has 1 amide bonds. The van der Waals surface area contributed by atoms with Crippen molar-refractivity contribution in [2.75, 3.05) is 20.8 Å². The zero-order valence-electron chi connectivity index (χ0n) is 16.5. The summed E-state index contributed by atoms with van der Waals surface area (Å²) in [6.45, 7) is 4.10. The number of carbonyl (C=O) groups excluding carboxylic acids is 2. The minimum absolute atomic E-state index is 0.155. The lowest BCUT2D eigenvalue weighted by molar-refractivity contribution is -0.144. The molecule has 0 heterocycles. The molecule has 1 aromatic rings. The van der Waals surface area contributed by atoms with Crippen LogP contribution in [0, 0.1) is 11.8 Å². The first-order chi connectivity index (χ1) is 12.9. The van der Waals surface area contributed by atoms with Crippen molar-refractivity contribution in [1.29, 1.82) is 0 Å². The Bertz CT molecular complexity index is 685. The van der Waals surface area contributed by atoms with Gasteiger partial charge in [0.1, 0.15) is 0 Å². The van der Waals surface area contributed by atoms with Crippen LogP contribution in [0.1, 0.15) is 38.7 Å². The molecule has 6 nitrogen and oxygen atoms in total. The van der Waals surface area contributed by atoms with Crippen LogP contribution in [0.4, 0.5) is 0 Å². The number of hydrogen-bond acceptors (Lipinski definition) is 5. The van der Waals surface area contributed by atoms with Gasteiger partial charge in [-0.05, 0) is 42.0 Å². The molecular formula is C21H29NO5. The third-order valence-electron chi connectivity index (χ3n) is 5.22. The van der Waals surface area contributed by atoms with Crippen LogP contribution >= 0.6 is 0 Å². The summed E-state index contributed by atoms with van der Waals surface area (Å²) in [5.41, 5.74) is 0.763. The van der Waals surface area contributed by atoms with Gasteiger partial charge in [0, 0.05) is 12.1 Å². The summed E-state index contributed by atoms with van der Waals surface area (Å²) >= 11 is 0. The normalized spacial score (nSPS) is 22.3. The Morgan fingerprint density at radius 2 is 1.89 bits per heavy atom. The topological polar surface area (TPSA) is 73.9 Å². The average molecular weight is 375 g/mol. The fourth-order valence-electron chi connectivity index (χ4n) is 3.34. The maximum absolute atomic E-state index is 12.1. The molecule has 1 N–H and O–H groups in total. The fraction of sp³-hybridized carbons (Fsp3) is 0.524. The maximum Gasteiger partial charge on any atom is 0.331 e. The molecule has 0 saturated heterocycles. The minimum Gasteiger partial charge on any atom is -0.493 e. The van der Waals surface area contributed by atoms with Crippen molar-refractivity contribution < 1.29 is 23.8 Å². The first-order valence-corrected chi connectivity index (χ1v) is 9.30. The van der Waals surface area contributed by atoms with Gasteiger partial charge in [-0.2, -0.15) is 0 Å². The molecule has 3 atom stereocenters. The summed E-state index contributed by atoms with van der Waals surface area (Å²) in [7, 11) is 3.11. The molecule has 1 saturated carbocycles. The fourth-order valence-corrected chi connectivity index (χ4v) is 3.34. The van der Waals surface area contributed by atoms with E-state index in [0.29, 0.717) is 23.3 Å². The smallest absolute Gasteiger partial charge is 0.331 e. The van der Waals surface area contributed by atoms with Crippen LogP contribution in [0.3, 0.4) is 0 Å². The molecule has 0 bridgehead atoms. The van der Waals surface area contributed by atoms with Gasteiger partial charge in [0.05, 0.1) is 14.2 Å². The van der Waals surface area contributed by atoms with Crippen LogP contribution in [0.2, 0.25) is 0 Å². The Morgan fingerprint density at radius 3 is 2.59 bits per heavy atom. The van der Waals surface area contributed by atoms with E-state index < -0.39 is 5.97 Å². The van der Waals surface area contributed by atoms with E-state index in [2.05, 4.69) is 19.2 Å². The van der Waals surface area contributed by atoms with Gasteiger partial charge >= 0.3 is 5.97 Å². The highest BCUT2D eigenvalue weighted by Gasteiger charge is 2.28. The van der Waals surface area contributed by atoms with E-state index in [1.807, 2.05) is 0 Å². The van der Waals surface area contributed by atoms with Crippen LogP contribution in [0.25, 0.3) is 6.08 Å². The van der Waals surface area contributed by atoms with Gasteiger partial charge in [-0.3, -0.25) is 4.79 Å². The third-order valence-corrected chi connectivity index (χ3v) is 5.22. The summed E-state index contributed by atoms with van der Waals surface area (Å²) < 4.78 is 15.4. The van der Waals surface area contributed by atoms with Crippen molar-refractivity contribution in [3.63, 3.8) is 0 Å². The highest BCUT2D eigenvalue weighted by atomic mass is 16.5. The number of carbonyl (C=O) groups is 2. The molecule has 2 rings (SSSR count). The van der Waals surface area contributed by atoms with Gasteiger partial charge in [-0.1, -0.05) is 32.8 Å². The standard InChI is InChI=1S/C21H29NO5/c1-14-6-5-7-17(15(14)2)22-20(23)13-27-21(24)11-9-16-8-10-18(25-3)19(12-16)26-4/h8-12,14-15,17H,5-7,13H2,1-4H3,(H,22,23)/b11-9+/t14-,15+,17-/m1/s1. The first-order valence-electron chi connectivity index (χ1n) is 9.30. The van der Waals surface area contributed by atoms with E-state index in [0.717, 1.165) is 18.4 Å². The Hall–Kier alpha value is -2.50. The number of rotatable bonds is 7. The van der Waals surface area contributed by atoms with Crippen molar-refractivity contribution in [3.05, 3.63) is 29.8 Å². The van der Waals surface area contributed by atoms with Crippen LogP contribution in [0.5, 0.6) is 11.5 Å². The molecule has 0 aromatic heterocycles. The largest absolute Gasteiger partial charge is 0.493 e. The average Bonchev–Trinajstić information content (AvgIpc) is 2.68. The quantitative estimate of drug-likeness (QED) is 0.585. The maximum atomic E-state index is 12.1. The van der Waals surface area contributed by atoms with Gasteiger partial charge in [0.25, 0.3) is 5.91 Å².